The molecule has 1 fully saturated rings. The molecule has 0 spiro atoms. The largest absolute Gasteiger partial charge is 0.497 e. The quantitative estimate of drug-likeness (QED) is 0.851. The van der Waals surface area contributed by atoms with Crippen molar-refractivity contribution in [2.24, 2.45) is 0 Å². The molecule has 19 heavy (non-hydrogen) atoms. The number of rotatable bonds is 4. The zero-order chi connectivity index (χ0) is 13.8. The molecule has 5 heteroatoms. The average Bonchev–Trinajstić information content (AvgIpc) is 2.79. The van der Waals surface area contributed by atoms with E-state index in [0.29, 0.717) is 11.3 Å². The molecule has 0 heterocycles. The van der Waals surface area contributed by atoms with E-state index in [9.17, 15) is 9.90 Å². The summed E-state index contributed by atoms with van der Waals surface area (Å²) in [6.45, 7) is 0. The Morgan fingerprint density at radius 2 is 2.16 bits per heavy atom. The summed E-state index contributed by atoms with van der Waals surface area (Å²) in [5, 5.41) is 12.8. The Bertz CT molecular complexity index is 449. The fourth-order valence-corrected chi connectivity index (χ4v) is 2.38. The van der Waals surface area contributed by atoms with Gasteiger partial charge in [-0.25, -0.2) is 0 Å². The zero-order valence-corrected chi connectivity index (χ0v) is 11.1. The topological polar surface area (TPSA) is 67.8 Å². The van der Waals surface area contributed by atoms with Gasteiger partial charge in [-0.3, -0.25) is 4.79 Å². The highest BCUT2D eigenvalue weighted by molar-refractivity contribution is 5.94. The third-order valence-electron chi connectivity index (χ3n) is 3.51. The Kier molecular flexibility index (Phi) is 4.39. The summed E-state index contributed by atoms with van der Waals surface area (Å²) in [7, 11) is 3.13. The number of carbonyl (C=O) groups excluding carboxylic acids is 1. The number of amides is 1. The maximum absolute atomic E-state index is 12.1. The minimum absolute atomic E-state index is 0.199. The monoisotopic (exact) mass is 265 g/mol. The second-order valence-corrected chi connectivity index (χ2v) is 4.65. The second-order valence-electron chi connectivity index (χ2n) is 4.65. The highest BCUT2D eigenvalue weighted by atomic mass is 16.5. The van der Waals surface area contributed by atoms with E-state index >= 15 is 0 Å². The zero-order valence-electron chi connectivity index (χ0n) is 11.1. The first-order chi connectivity index (χ1) is 9.15. The van der Waals surface area contributed by atoms with E-state index in [2.05, 4.69) is 5.32 Å². The van der Waals surface area contributed by atoms with E-state index in [4.69, 9.17) is 9.47 Å². The van der Waals surface area contributed by atoms with Crippen LogP contribution < -0.4 is 10.1 Å². The van der Waals surface area contributed by atoms with Gasteiger partial charge in [0.05, 0.1) is 19.3 Å². The number of methoxy groups -OCH3 is 2. The number of ether oxygens (including phenoxy) is 2. The minimum atomic E-state index is -0.653. The van der Waals surface area contributed by atoms with Crippen LogP contribution in [-0.2, 0) is 4.74 Å². The van der Waals surface area contributed by atoms with Crippen molar-refractivity contribution in [1.29, 1.82) is 0 Å². The number of carbonyl (C=O) groups is 1. The number of nitrogens with one attached hydrogen (secondary N) is 1. The fourth-order valence-electron chi connectivity index (χ4n) is 2.38. The van der Waals surface area contributed by atoms with Crippen molar-refractivity contribution in [2.75, 3.05) is 14.2 Å². The molecule has 1 aliphatic rings. The summed E-state index contributed by atoms with van der Waals surface area (Å²) in [5.74, 6) is 0.425. The van der Waals surface area contributed by atoms with Crippen LogP contribution in [0.5, 0.6) is 5.75 Å². The van der Waals surface area contributed by atoms with E-state index in [1.807, 2.05) is 0 Å². The van der Waals surface area contributed by atoms with Crippen LogP contribution in [0.2, 0.25) is 0 Å². The summed E-state index contributed by atoms with van der Waals surface area (Å²) in [4.78, 5) is 12.1. The van der Waals surface area contributed by atoms with Gasteiger partial charge in [0.1, 0.15) is 11.9 Å². The molecule has 0 saturated heterocycles. The first-order valence-corrected chi connectivity index (χ1v) is 6.31. The fraction of sp³-hybridized carbons (Fsp3) is 0.500. The SMILES string of the molecule is COc1cccc(C(=O)N[C@@H]2CC[C@@H](OC)[C@@H]2O)c1. The van der Waals surface area contributed by atoms with Crippen LogP contribution in [0.15, 0.2) is 24.3 Å². The van der Waals surface area contributed by atoms with Gasteiger partial charge in [0, 0.05) is 12.7 Å². The summed E-state index contributed by atoms with van der Waals surface area (Å²) in [5.41, 5.74) is 0.521. The Hall–Kier alpha value is -1.59. The third-order valence-corrected chi connectivity index (χ3v) is 3.51. The van der Waals surface area contributed by atoms with Crippen molar-refractivity contribution in [3.63, 3.8) is 0 Å². The van der Waals surface area contributed by atoms with E-state index in [1.54, 1.807) is 38.5 Å². The lowest BCUT2D eigenvalue weighted by Crippen LogP contribution is -2.43. The standard InChI is InChI=1S/C14H19NO4/c1-18-10-5-3-4-9(8-10)14(17)15-11-6-7-12(19-2)13(11)16/h3-5,8,11-13,16H,6-7H2,1-2H3,(H,15,17)/t11-,12-,13-/m1/s1. The molecule has 0 aromatic heterocycles. The van der Waals surface area contributed by atoms with E-state index < -0.39 is 6.10 Å². The molecule has 0 aliphatic heterocycles. The molecule has 1 aromatic carbocycles. The molecule has 1 saturated carbocycles. The molecular formula is C14H19NO4. The number of aliphatic hydroxyl groups excluding tert-OH is 1. The lowest BCUT2D eigenvalue weighted by atomic mass is 10.1. The molecule has 1 aromatic rings. The molecular weight excluding hydrogens is 246 g/mol. The Labute approximate surface area is 112 Å². The summed E-state index contributed by atoms with van der Waals surface area (Å²) >= 11 is 0. The molecule has 0 radical (unpaired) electrons. The van der Waals surface area contributed by atoms with E-state index in [1.165, 1.54) is 0 Å². The van der Waals surface area contributed by atoms with Crippen LogP contribution in [0.4, 0.5) is 0 Å². The molecule has 5 nitrogen and oxygen atoms in total. The van der Waals surface area contributed by atoms with Gasteiger partial charge in [-0.2, -0.15) is 0 Å². The summed E-state index contributed by atoms with van der Waals surface area (Å²) in [6.07, 6.45) is 0.617. The highest BCUT2D eigenvalue weighted by Gasteiger charge is 2.35. The van der Waals surface area contributed by atoms with Crippen molar-refractivity contribution in [3.05, 3.63) is 29.8 Å². The van der Waals surface area contributed by atoms with Crippen LogP contribution in [0.3, 0.4) is 0 Å². The molecule has 1 amide bonds. The van der Waals surface area contributed by atoms with Crippen LogP contribution in [0.25, 0.3) is 0 Å². The van der Waals surface area contributed by atoms with Crippen LogP contribution in [0, 0.1) is 0 Å². The van der Waals surface area contributed by atoms with Gasteiger partial charge in [0.25, 0.3) is 5.91 Å². The van der Waals surface area contributed by atoms with E-state index in [0.717, 1.165) is 12.8 Å². The number of benzene rings is 1. The number of hydrogen-bond donors (Lipinski definition) is 2. The summed E-state index contributed by atoms with van der Waals surface area (Å²) < 4.78 is 10.2. The Morgan fingerprint density at radius 3 is 2.79 bits per heavy atom. The molecule has 104 valence electrons. The molecule has 3 atom stereocenters. The normalized spacial score (nSPS) is 26.2. The van der Waals surface area contributed by atoms with Gasteiger partial charge in [0.2, 0.25) is 0 Å². The van der Waals surface area contributed by atoms with Gasteiger partial charge < -0.3 is 19.9 Å². The lowest BCUT2D eigenvalue weighted by molar-refractivity contribution is 0.000207. The lowest BCUT2D eigenvalue weighted by Gasteiger charge is -2.19. The van der Waals surface area contributed by atoms with Crippen molar-refractivity contribution < 1.29 is 19.4 Å². The van der Waals surface area contributed by atoms with Crippen molar-refractivity contribution >= 4 is 5.91 Å². The molecule has 1 aliphatic carbocycles. The molecule has 0 bridgehead atoms. The Morgan fingerprint density at radius 1 is 1.37 bits per heavy atom. The summed E-state index contributed by atoms with van der Waals surface area (Å²) in [6, 6.07) is 6.67. The predicted octanol–water partition coefficient (Wildman–Crippen LogP) is 0.963. The molecule has 0 unspecified atom stereocenters. The minimum Gasteiger partial charge on any atom is -0.497 e. The third kappa shape index (κ3) is 3.05. The predicted molar refractivity (Wildman–Crippen MR) is 70.3 cm³/mol. The van der Waals surface area contributed by atoms with Crippen molar-refractivity contribution in [3.8, 4) is 5.75 Å². The van der Waals surface area contributed by atoms with Crippen molar-refractivity contribution in [2.45, 2.75) is 31.1 Å². The van der Waals surface area contributed by atoms with Gasteiger partial charge in [0.15, 0.2) is 0 Å². The molecule has 2 rings (SSSR count). The maximum atomic E-state index is 12.1. The van der Waals surface area contributed by atoms with Crippen LogP contribution >= 0.6 is 0 Å². The number of aliphatic hydroxyl groups is 1. The molecule has 2 N–H and O–H groups in total. The van der Waals surface area contributed by atoms with Crippen LogP contribution in [0.1, 0.15) is 23.2 Å². The highest BCUT2D eigenvalue weighted by Crippen LogP contribution is 2.23. The van der Waals surface area contributed by atoms with Gasteiger partial charge >= 0.3 is 0 Å². The second kappa shape index (κ2) is 6.04. The maximum Gasteiger partial charge on any atom is 0.251 e. The van der Waals surface area contributed by atoms with Gasteiger partial charge in [-0.15, -0.1) is 0 Å². The first kappa shape index (κ1) is 13.8. The van der Waals surface area contributed by atoms with E-state index in [-0.39, 0.29) is 18.1 Å². The number of hydrogen-bond acceptors (Lipinski definition) is 4. The smallest absolute Gasteiger partial charge is 0.251 e. The first-order valence-electron chi connectivity index (χ1n) is 6.31. The van der Waals surface area contributed by atoms with Gasteiger partial charge in [-0.1, -0.05) is 6.07 Å². The van der Waals surface area contributed by atoms with Crippen molar-refractivity contribution in [1.82, 2.24) is 5.32 Å². The average molecular weight is 265 g/mol. The Balaban J connectivity index is 2.01. The van der Waals surface area contributed by atoms with Gasteiger partial charge in [-0.05, 0) is 31.0 Å². The van der Waals surface area contributed by atoms with Crippen LogP contribution in [-0.4, -0.2) is 43.5 Å².